The lowest BCUT2D eigenvalue weighted by atomic mass is 10.1. The average molecular weight is 236 g/mol. The molecule has 0 radical (unpaired) electrons. The molecular formula is C13H20N2O2. The molecule has 0 saturated carbocycles. The molecular weight excluding hydrogens is 216 g/mol. The van der Waals surface area contributed by atoms with Crippen LogP contribution >= 0.6 is 0 Å². The van der Waals surface area contributed by atoms with Crippen molar-refractivity contribution in [3.63, 3.8) is 0 Å². The second-order valence-corrected chi connectivity index (χ2v) is 4.12. The summed E-state index contributed by atoms with van der Waals surface area (Å²) in [6.07, 6.45) is 0.907. The van der Waals surface area contributed by atoms with Gasteiger partial charge in [-0.05, 0) is 37.5 Å². The zero-order valence-electron chi connectivity index (χ0n) is 10.7. The first kappa shape index (κ1) is 13.5. The van der Waals surface area contributed by atoms with Gasteiger partial charge in [0.15, 0.2) is 0 Å². The van der Waals surface area contributed by atoms with Crippen molar-refractivity contribution in [1.29, 1.82) is 0 Å². The van der Waals surface area contributed by atoms with E-state index in [1.165, 1.54) is 0 Å². The van der Waals surface area contributed by atoms with Crippen LogP contribution in [0.1, 0.15) is 24.5 Å². The molecule has 0 aliphatic carbocycles. The van der Waals surface area contributed by atoms with Crippen molar-refractivity contribution in [3.05, 3.63) is 23.3 Å². The molecule has 0 unspecified atom stereocenters. The summed E-state index contributed by atoms with van der Waals surface area (Å²) >= 11 is 0. The van der Waals surface area contributed by atoms with Gasteiger partial charge in [-0.15, -0.1) is 0 Å². The number of nitrogens with two attached hydrogens (primary N) is 1. The maximum absolute atomic E-state index is 11.6. The molecule has 0 saturated heterocycles. The van der Waals surface area contributed by atoms with E-state index in [4.69, 9.17) is 10.5 Å². The first-order valence-corrected chi connectivity index (χ1v) is 5.79. The Morgan fingerprint density at radius 1 is 1.35 bits per heavy atom. The quantitative estimate of drug-likeness (QED) is 0.608. The van der Waals surface area contributed by atoms with Crippen LogP contribution in [-0.4, -0.2) is 19.1 Å². The summed E-state index contributed by atoms with van der Waals surface area (Å²) in [5.41, 5.74) is 9.25. The van der Waals surface area contributed by atoms with E-state index in [0.717, 1.165) is 23.2 Å². The molecule has 0 aromatic heterocycles. The van der Waals surface area contributed by atoms with E-state index in [1.54, 1.807) is 6.07 Å². The second-order valence-electron chi connectivity index (χ2n) is 4.12. The number of aryl methyl sites for hydroxylation is 2. The molecule has 0 fully saturated rings. The fourth-order valence-electron chi connectivity index (χ4n) is 1.50. The van der Waals surface area contributed by atoms with Crippen LogP contribution in [0.5, 0.6) is 0 Å². The van der Waals surface area contributed by atoms with Crippen LogP contribution in [0.15, 0.2) is 12.1 Å². The highest BCUT2D eigenvalue weighted by Gasteiger charge is 2.06. The molecule has 4 nitrogen and oxygen atoms in total. The Kier molecular flexibility index (Phi) is 4.97. The van der Waals surface area contributed by atoms with Gasteiger partial charge in [-0.25, -0.2) is 0 Å². The molecule has 1 aromatic rings. The number of benzene rings is 1. The Bertz CT molecular complexity index is 403. The van der Waals surface area contributed by atoms with Gasteiger partial charge in [-0.1, -0.05) is 13.0 Å². The predicted octanol–water partition coefficient (Wildman–Crippen LogP) is 2.25. The van der Waals surface area contributed by atoms with Crippen molar-refractivity contribution in [2.75, 3.05) is 24.3 Å². The zero-order valence-corrected chi connectivity index (χ0v) is 10.7. The van der Waals surface area contributed by atoms with Crippen molar-refractivity contribution in [2.45, 2.75) is 27.2 Å². The van der Waals surface area contributed by atoms with Crippen LogP contribution in [0.2, 0.25) is 0 Å². The normalized spacial score (nSPS) is 10.3. The van der Waals surface area contributed by atoms with Crippen LogP contribution in [0.25, 0.3) is 0 Å². The van der Waals surface area contributed by atoms with Crippen molar-refractivity contribution in [2.24, 2.45) is 0 Å². The number of carbonyl (C=O) groups excluding carboxylic acids is 1. The number of hydrogen-bond acceptors (Lipinski definition) is 3. The number of rotatable bonds is 5. The molecule has 0 aliphatic heterocycles. The van der Waals surface area contributed by atoms with Gasteiger partial charge in [0.25, 0.3) is 0 Å². The summed E-state index contributed by atoms with van der Waals surface area (Å²) in [5.74, 6) is -0.148. The molecule has 0 aliphatic rings. The highest BCUT2D eigenvalue weighted by atomic mass is 16.5. The van der Waals surface area contributed by atoms with Gasteiger partial charge in [0.2, 0.25) is 5.91 Å². The van der Waals surface area contributed by atoms with Crippen LogP contribution in [-0.2, 0) is 9.53 Å². The minimum Gasteiger partial charge on any atom is -0.398 e. The van der Waals surface area contributed by atoms with Crippen LogP contribution in [0, 0.1) is 13.8 Å². The summed E-state index contributed by atoms with van der Waals surface area (Å²) in [6, 6.07) is 3.74. The van der Waals surface area contributed by atoms with Gasteiger partial charge < -0.3 is 15.8 Å². The standard InChI is InChI=1S/C13H20N2O2/c1-4-5-17-8-13(16)15-12-7-11(14)9(2)6-10(12)3/h6-7H,4-5,8,14H2,1-3H3,(H,15,16). The van der Waals surface area contributed by atoms with Crippen LogP contribution < -0.4 is 11.1 Å². The van der Waals surface area contributed by atoms with Gasteiger partial charge >= 0.3 is 0 Å². The number of nitrogen functional groups attached to an aromatic ring is 1. The fourth-order valence-corrected chi connectivity index (χ4v) is 1.50. The van der Waals surface area contributed by atoms with Gasteiger partial charge in [-0.3, -0.25) is 4.79 Å². The van der Waals surface area contributed by atoms with Crippen molar-refractivity contribution < 1.29 is 9.53 Å². The minimum absolute atomic E-state index is 0.0844. The van der Waals surface area contributed by atoms with Gasteiger partial charge in [-0.2, -0.15) is 0 Å². The van der Waals surface area contributed by atoms with Crippen molar-refractivity contribution in [1.82, 2.24) is 0 Å². The van der Waals surface area contributed by atoms with Crippen LogP contribution in [0.3, 0.4) is 0 Å². The Morgan fingerprint density at radius 3 is 2.71 bits per heavy atom. The number of ether oxygens (including phenoxy) is 1. The monoisotopic (exact) mass is 236 g/mol. The third kappa shape index (κ3) is 4.07. The molecule has 1 aromatic carbocycles. The summed E-state index contributed by atoms with van der Waals surface area (Å²) in [5, 5.41) is 2.79. The third-order valence-corrected chi connectivity index (χ3v) is 2.47. The van der Waals surface area contributed by atoms with Crippen molar-refractivity contribution in [3.8, 4) is 0 Å². The number of amides is 1. The topological polar surface area (TPSA) is 64.3 Å². The highest BCUT2D eigenvalue weighted by molar-refractivity contribution is 5.93. The minimum atomic E-state index is -0.148. The smallest absolute Gasteiger partial charge is 0.250 e. The SMILES string of the molecule is CCCOCC(=O)Nc1cc(N)c(C)cc1C. The molecule has 1 amide bonds. The lowest BCUT2D eigenvalue weighted by molar-refractivity contribution is -0.120. The van der Waals surface area contributed by atoms with E-state index in [9.17, 15) is 4.79 Å². The molecule has 1 rings (SSSR count). The molecule has 3 N–H and O–H groups in total. The number of carbonyl (C=O) groups is 1. The third-order valence-electron chi connectivity index (χ3n) is 2.47. The summed E-state index contributed by atoms with van der Waals surface area (Å²) in [6.45, 7) is 6.57. The van der Waals surface area contributed by atoms with E-state index < -0.39 is 0 Å². The maximum Gasteiger partial charge on any atom is 0.250 e. The van der Waals surface area contributed by atoms with E-state index in [-0.39, 0.29) is 12.5 Å². The van der Waals surface area contributed by atoms with Crippen LogP contribution in [0.4, 0.5) is 11.4 Å². The van der Waals surface area contributed by atoms with E-state index in [0.29, 0.717) is 12.3 Å². The lowest BCUT2D eigenvalue weighted by Crippen LogP contribution is -2.19. The average Bonchev–Trinajstić information content (AvgIpc) is 2.26. The lowest BCUT2D eigenvalue weighted by Gasteiger charge is -2.11. The van der Waals surface area contributed by atoms with Gasteiger partial charge in [0.05, 0.1) is 0 Å². The summed E-state index contributed by atoms with van der Waals surface area (Å²) in [7, 11) is 0. The van der Waals surface area contributed by atoms with Gasteiger partial charge in [0.1, 0.15) is 6.61 Å². The molecule has 4 heteroatoms. The second kappa shape index (κ2) is 6.25. The predicted molar refractivity (Wildman–Crippen MR) is 70.1 cm³/mol. The largest absolute Gasteiger partial charge is 0.398 e. The number of anilines is 2. The van der Waals surface area contributed by atoms with E-state index in [2.05, 4.69) is 5.32 Å². The summed E-state index contributed by atoms with van der Waals surface area (Å²) < 4.78 is 5.17. The van der Waals surface area contributed by atoms with Crippen molar-refractivity contribution >= 4 is 17.3 Å². The van der Waals surface area contributed by atoms with E-state index in [1.807, 2.05) is 26.8 Å². The molecule has 0 atom stereocenters. The Balaban J connectivity index is 2.62. The first-order valence-electron chi connectivity index (χ1n) is 5.79. The Labute approximate surface area is 102 Å². The molecule has 0 heterocycles. The number of nitrogens with one attached hydrogen (secondary N) is 1. The molecule has 0 spiro atoms. The highest BCUT2D eigenvalue weighted by Crippen LogP contribution is 2.22. The molecule has 17 heavy (non-hydrogen) atoms. The van der Waals surface area contributed by atoms with E-state index >= 15 is 0 Å². The molecule has 94 valence electrons. The Morgan fingerprint density at radius 2 is 2.06 bits per heavy atom. The number of hydrogen-bond donors (Lipinski definition) is 2. The zero-order chi connectivity index (χ0) is 12.8. The van der Waals surface area contributed by atoms with Gasteiger partial charge in [0, 0.05) is 18.0 Å². The summed E-state index contributed by atoms with van der Waals surface area (Å²) in [4.78, 5) is 11.6. The fraction of sp³-hybridized carbons (Fsp3) is 0.462. The Hall–Kier alpha value is -1.55. The maximum atomic E-state index is 11.6. The molecule has 0 bridgehead atoms. The first-order chi connectivity index (χ1) is 8.04.